The molecule has 1 aliphatic carbocycles. The predicted molar refractivity (Wildman–Crippen MR) is 122 cm³/mol. The summed E-state index contributed by atoms with van der Waals surface area (Å²) in [5, 5.41) is 2.74. The molecule has 2 aliphatic rings. The Morgan fingerprint density at radius 2 is 1.56 bits per heavy atom. The summed E-state index contributed by atoms with van der Waals surface area (Å²) in [6, 6.07) is 1.27. The second kappa shape index (κ2) is 10.6. The normalized spacial score (nSPS) is 17.4. The molecule has 1 heterocycles. The molecule has 1 atom stereocenters. The van der Waals surface area contributed by atoms with E-state index in [0.717, 1.165) is 17.7 Å². The number of benzene rings is 1. The number of nitrogens with zero attached hydrogens (tertiary/aromatic N) is 1. The molecule has 3 N–H and O–H groups in total. The Balaban J connectivity index is 1.70. The van der Waals surface area contributed by atoms with Crippen LogP contribution in [-0.2, 0) is 9.59 Å². The van der Waals surface area contributed by atoms with Gasteiger partial charge in [-0.15, -0.1) is 0 Å². The third-order valence-electron chi connectivity index (χ3n) is 5.89. The van der Waals surface area contributed by atoms with Gasteiger partial charge in [-0.1, -0.05) is 12.8 Å². The van der Waals surface area contributed by atoms with Gasteiger partial charge in [0.25, 0.3) is 17.7 Å². The van der Waals surface area contributed by atoms with Crippen molar-refractivity contribution in [3.05, 3.63) is 17.7 Å². The molecule has 11 nitrogen and oxygen atoms in total. The number of carbonyl (C=O) groups excluding carboxylic acids is 4. The maximum absolute atomic E-state index is 12.9. The van der Waals surface area contributed by atoms with E-state index in [4.69, 9.17) is 14.2 Å². The Morgan fingerprint density at radius 1 is 1.00 bits per heavy atom. The van der Waals surface area contributed by atoms with E-state index < -0.39 is 35.3 Å². The lowest BCUT2D eigenvalue weighted by atomic mass is 9.97. The summed E-state index contributed by atoms with van der Waals surface area (Å²) in [5.74, 6) is -0.677. The molecular weight excluding hydrogens is 444 g/mol. The first-order valence-corrected chi connectivity index (χ1v) is 11.6. The van der Waals surface area contributed by atoms with Gasteiger partial charge in [0.1, 0.15) is 11.6 Å². The number of imide groups is 1. The molecule has 5 amide bonds. The standard InChI is InChI=1S/C23H32N4O7/c1-5-32-16-12-15(13-17(33-6-2)18(16)34-7-3)20(29)26-25-19(28)14(4)27-21(30)23(24-22(27)31)10-8-9-11-23/h12-14H,5-11H2,1-4H3,(H,24,31)(H,25,28)(H,26,29). The molecule has 1 aromatic carbocycles. The van der Waals surface area contributed by atoms with Crippen molar-refractivity contribution in [2.24, 2.45) is 0 Å². The third kappa shape index (κ3) is 4.87. The second-order valence-electron chi connectivity index (χ2n) is 8.11. The van der Waals surface area contributed by atoms with E-state index in [2.05, 4.69) is 16.2 Å². The highest BCUT2D eigenvalue weighted by molar-refractivity contribution is 6.10. The number of hydrogen-bond acceptors (Lipinski definition) is 7. The van der Waals surface area contributed by atoms with E-state index in [0.29, 0.717) is 49.9 Å². The lowest BCUT2D eigenvalue weighted by molar-refractivity contribution is -0.138. The molecule has 1 saturated carbocycles. The average Bonchev–Trinajstić information content (AvgIpc) is 3.37. The van der Waals surface area contributed by atoms with Gasteiger partial charge in [-0.3, -0.25) is 25.2 Å². The number of hydrazine groups is 1. The van der Waals surface area contributed by atoms with Crippen LogP contribution in [0.4, 0.5) is 4.79 Å². The molecule has 0 aromatic heterocycles. The van der Waals surface area contributed by atoms with Crippen LogP contribution in [0.1, 0.15) is 63.7 Å². The summed E-state index contributed by atoms with van der Waals surface area (Å²) < 4.78 is 16.8. The van der Waals surface area contributed by atoms with Crippen molar-refractivity contribution >= 4 is 23.8 Å². The molecule has 0 radical (unpaired) electrons. The van der Waals surface area contributed by atoms with Crippen molar-refractivity contribution < 1.29 is 33.4 Å². The smallest absolute Gasteiger partial charge is 0.325 e. The summed E-state index contributed by atoms with van der Waals surface area (Å²) in [4.78, 5) is 51.6. The SMILES string of the molecule is CCOc1cc(C(=O)NNC(=O)C(C)N2C(=O)NC3(CCCC3)C2=O)cc(OCC)c1OCC. The van der Waals surface area contributed by atoms with E-state index in [1.54, 1.807) is 13.8 Å². The summed E-state index contributed by atoms with van der Waals surface area (Å²) in [5.41, 5.74) is 3.87. The van der Waals surface area contributed by atoms with Crippen molar-refractivity contribution in [1.82, 2.24) is 21.1 Å². The molecule has 34 heavy (non-hydrogen) atoms. The van der Waals surface area contributed by atoms with Crippen LogP contribution in [0.5, 0.6) is 17.2 Å². The Hall–Kier alpha value is -3.50. The van der Waals surface area contributed by atoms with Gasteiger partial charge >= 0.3 is 6.03 Å². The first-order valence-electron chi connectivity index (χ1n) is 11.6. The van der Waals surface area contributed by atoms with Gasteiger partial charge in [0, 0.05) is 5.56 Å². The fourth-order valence-corrected chi connectivity index (χ4v) is 4.24. The first kappa shape index (κ1) is 25.1. The van der Waals surface area contributed by atoms with Crippen molar-refractivity contribution in [3.8, 4) is 17.2 Å². The maximum atomic E-state index is 12.9. The van der Waals surface area contributed by atoms with Crippen LogP contribution >= 0.6 is 0 Å². The number of rotatable bonds is 9. The fraction of sp³-hybridized carbons (Fsp3) is 0.565. The minimum absolute atomic E-state index is 0.170. The van der Waals surface area contributed by atoms with E-state index >= 15 is 0 Å². The lowest BCUT2D eigenvalue weighted by Crippen LogP contribution is -2.53. The highest BCUT2D eigenvalue weighted by Crippen LogP contribution is 2.39. The molecule has 186 valence electrons. The van der Waals surface area contributed by atoms with E-state index in [9.17, 15) is 19.2 Å². The van der Waals surface area contributed by atoms with Crippen LogP contribution < -0.4 is 30.4 Å². The van der Waals surface area contributed by atoms with E-state index in [-0.39, 0.29) is 5.56 Å². The molecule has 1 spiro atoms. The van der Waals surface area contributed by atoms with E-state index in [1.165, 1.54) is 19.1 Å². The fourth-order valence-electron chi connectivity index (χ4n) is 4.24. The van der Waals surface area contributed by atoms with Crippen LogP contribution in [0.25, 0.3) is 0 Å². The van der Waals surface area contributed by atoms with Gasteiger partial charge in [-0.2, -0.15) is 0 Å². The Bertz CT molecular complexity index is 932. The third-order valence-corrected chi connectivity index (χ3v) is 5.89. The van der Waals surface area contributed by atoms with Crippen molar-refractivity contribution in [1.29, 1.82) is 0 Å². The number of carbonyl (C=O) groups is 4. The van der Waals surface area contributed by atoms with Gasteiger partial charge in [-0.25, -0.2) is 9.69 Å². The monoisotopic (exact) mass is 476 g/mol. The van der Waals surface area contributed by atoms with Crippen LogP contribution in [0.3, 0.4) is 0 Å². The molecule has 0 bridgehead atoms. The molecule has 1 saturated heterocycles. The van der Waals surface area contributed by atoms with Crippen LogP contribution in [0, 0.1) is 0 Å². The predicted octanol–water partition coefficient (Wildman–Crippen LogP) is 1.90. The zero-order valence-electron chi connectivity index (χ0n) is 20.0. The zero-order chi connectivity index (χ0) is 24.9. The first-order chi connectivity index (χ1) is 16.3. The van der Waals surface area contributed by atoms with Gasteiger partial charge in [0.05, 0.1) is 19.8 Å². The van der Waals surface area contributed by atoms with Crippen molar-refractivity contribution in [3.63, 3.8) is 0 Å². The Morgan fingerprint density at radius 3 is 2.09 bits per heavy atom. The molecular formula is C23H32N4O7. The number of ether oxygens (including phenoxy) is 3. The minimum Gasteiger partial charge on any atom is -0.490 e. The molecule has 11 heteroatoms. The number of nitrogens with one attached hydrogen (secondary N) is 3. The second-order valence-corrected chi connectivity index (χ2v) is 8.11. The quantitative estimate of drug-likeness (QED) is 0.366. The van der Waals surface area contributed by atoms with Crippen LogP contribution in [0.15, 0.2) is 12.1 Å². The lowest BCUT2D eigenvalue weighted by Gasteiger charge is -2.23. The summed E-state index contributed by atoms with van der Waals surface area (Å²) in [6.07, 6.45) is 2.79. The number of hydrogen-bond donors (Lipinski definition) is 3. The molecule has 1 aliphatic heterocycles. The van der Waals surface area contributed by atoms with Crippen molar-refractivity contribution in [2.75, 3.05) is 19.8 Å². The maximum Gasteiger partial charge on any atom is 0.325 e. The summed E-state index contributed by atoms with van der Waals surface area (Å²) in [7, 11) is 0. The molecule has 1 aromatic rings. The molecule has 2 fully saturated rings. The average molecular weight is 477 g/mol. The summed E-state index contributed by atoms with van der Waals surface area (Å²) in [6.45, 7) is 7.93. The highest BCUT2D eigenvalue weighted by atomic mass is 16.5. The summed E-state index contributed by atoms with van der Waals surface area (Å²) >= 11 is 0. The van der Waals surface area contributed by atoms with Gasteiger partial charge in [-0.05, 0) is 52.7 Å². The van der Waals surface area contributed by atoms with Gasteiger partial charge in [0.15, 0.2) is 11.5 Å². The highest BCUT2D eigenvalue weighted by Gasteiger charge is 2.54. The van der Waals surface area contributed by atoms with Gasteiger partial charge in [0.2, 0.25) is 5.75 Å². The Labute approximate surface area is 198 Å². The number of amides is 5. The topological polar surface area (TPSA) is 135 Å². The Kier molecular flexibility index (Phi) is 7.85. The number of urea groups is 1. The van der Waals surface area contributed by atoms with Crippen LogP contribution in [0.2, 0.25) is 0 Å². The zero-order valence-corrected chi connectivity index (χ0v) is 20.0. The van der Waals surface area contributed by atoms with Crippen molar-refractivity contribution in [2.45, 2.75) is 65.0 Å². The van der Waals surface area contributed by atoms with Crippen LogP contribution in [-0.4, -0.2) is 60.1 Å². The molecule has 3 rings (SSSR count). The van der Waals surface area contributed by atoms with Gasteiger partial charge < -0.3 is 19.5 Å². The minimum atomic E-state index is -1.11. The van der Waals surface area contributed by atoms with E-state index in [1.807, 2.05) is 6.92 Å². The molecule has 1 unspecified atom stereocenters. The largest absolute Gasteiger partial charge is 0.490 e.